The fourth-order valence-electron chi connectivity index (χ4n) is 6.39. The van der Waals surface area contributed by atoms with Crippen molar-refractivity contribution in [2.45, 2.75) is 90.3 Å². The molecule has 0 radical (unpaired) electrons. The molecule has 1 amide bonds. The summed E-state index contributed by atoms with van der Waals surface area (Å²) in [4.78, 5) is 36.5. The molecule has 2 heterocycles. The number of carboxylic acids is 1. The molecular weight excluding hydrogens is 571 g/mol. The van der Waals surface area contributed by atoms with Crippen molar-refractivity contribution in [1.29, 1.82) is 0 Å². The molecule has 44 heavy (non-hydrogen) atoms. The topological polar surface area (TPSA) is 92.6 Å². The SMILES string of the molecule is Cc1cccc(Cc2cnc(Oc3ccc(N(C(=O)[C@H]4CC[C@H](C)CC4)C4CCCCC4)c(C(=O)O)c3)c(C(F)(F)F)c2)n1. The van der Waals surface area contributed by atoms with E-state index in [1.807, 2.05) is 0 Å². The van der Waals surface area contributed by atoms with Crippen LogP contribution in [0.1, 0.15) is 97.6 Å². The average molecular weight is 610 g/mol. The highest BCUT2D eigenvalue weighted by atomic mass is 19.4. The average Bonchev–Trinajstić information content (AvgIpc) is 2.99. The first-order chi connectivity index (χ1) is 21.0. The van der Waals surface area contributed by atoms with E-state index in [2.05, 4.69) is 16.9 Å². The van der Waals surface area contributed by atoms with Crippen molar-refractivity contribution < 1.29 is 32.6 Å². The molecule has 2 aromatic heterocycles. The van der Waals surface area contributed by atoms with Crippen LogP contribution in [0.5, 0.6) is 11.6 Å². The molecule has 0 aliphatic heterocycles. The van der Waals surface area contributed by atoms with Crippen LogP contribution in [-0.2, 0) is 17.4 Å². The molecule has 5 rings (SSSR count). The molecule has 2 fully saturated rings. The van der Waals surface area contributed by atoms with Gasteiger partial charge in [0.25, 0.3) is 0 Å². The fraction of sp³-hybridized carbons (Fsp3) is 0.471. The van der Waals surface area contributed by atoms with E-state index in [0.29, 0.717) is 17.2 Å². The lowest BCUT2D eigenvalue weighted by Crippen LogP contribution is -2.46. The van der Waals surface area contributed by atoms with E-state index in [-0.39, 0.29) is 41.3 Å². The number of pyridine rings is 2. The van der Waals surface area contributed by atoms with Crippen molar-refractivity contribution in [2.24, 2.45) is 11.8 Å². The molecule has 0 bridgehead atoms. The van der Waals surface area contributed by atoms with Gasteiger partial charge in [-0.05, 0) is 93.3 Å². The summed E-state index contributed by atoms with van der Waals surface area (Å²) in [6, 6.07) is 10.3. The number of carboxylic acid groups (broad SMARTS) is 1. The Balaban J connectivity index is 1.46. The lowest BCUT2D eigenvalue weighted by Gasteiger charge is -2.38. The second kappa shape index (κ2) is 13.4. The first kappa shape index (κ1) is 31.5. The largest absolute Gasteiger partial charge is 0.478 e. The summed E-state index contributed by atoms with van der Waals surface area (Å²) < 4.78 is 48.0. The highest BCUT2D eigenvalue weighted by molar-refractivity contribution is 6.03. The first-order valence-electron chi connectivity index (χ1n) is 15.4. The Morgan fingerprint density at radius 2 is 1.73 bits per heavy atom. The number of anilines is 1. The molecule has 234 valence electrons. The third kappa shape index (κ3) is 7.39. The van der Waals surface area contributed by atoms with Gasteiger partial charge in [0.2, 0.25) is 11.8 Å². The van der Waals surface area contributed by atoms with Crippen molar-refractivity contribution >= 4 is 17.6 Å². The number of carbonyl (C=O) groups excluding carboxylic acids is 1. The zero-order valence-electron chi connectivity index (χ0n) is 25.1. The molecule has 3 aromatic rings. The van der Waals surface area contributed by atoms with Crippen LogP contribution < -0.4 is 9.64 Å². The Hall–Kier alpha value is -3.95. The van der Waals surface area contributed by atoms with E-state index in [0.717, 1.165) is 69.5 Å². The zero-order chi connectivity index (χ0) is 31.4. The maximum absolute atomic E-state index is 14.1. The molecule has 0 unspecified atom stereocenters. The quantitative estimate of drug-likeness (QED) is 0.276. The number of aryl methyl sites for hydroxylation is 1. The van der Waals surface area contributed by atoms with E-state index >= 15 is 0 Å². The number of rotatable bonds is 8. The Labute approximate surface area is 255 Å². The van der Waals surface area contributed by atoms with Gasteiger partial charge in [-0.1, -0.05) is 32.3 Å². The normalized spacial score (nSPS) is 19.4. The van der Waals surface area contributed by atoms with Gasteiger partial charge in [-0.25, -0.2) is 9.78 Å². The summed E-state index contributed by atoms with van der Waals surface area (Å²) >= 11 is 0. The van der Waals surface area contributed by atoms with Crippen LogP contribution in [0.25, 0.3) is 0 Å². The van der Waals surface area contributed by atoms with Crippen LogP contribution in [0.2, 0.25) is 0 Å². The maximum Gasteiger partial charge on any atom is 0.421 e. The van der Waals surface area contributed by atoms with Crippen LogP contribution in [0, 0.1) is 18.8 Å². The van der Waals surface area contributed by atoms with Gasteiger partial charge >= 0.3 is 12.1 Å². The standard InChI is InChI=1S/C34H38F3N3O4/c1-21-11-13-24(14-12-21)32(41)40(26-9-4-3-5-10-26)30-16-15-27(19-28(30)33(42)43)44-31-29(34(35,36)37)18-23(20-38-31)17-25-8-6-7-22(2)39-25/h6-8,15-16,18-21,24,26H,3-5,9-14,17H2,1-2H3,(H,42,43)/t21-,24-. The lowest BCUT2D eigenvalue weighted by molar-refractivity contribution is -0.139. The molecule has 2 aliphatic rings. The highest BCUT2D eigenvalue weighted by Crippen LogP contribution is 2.40. The molecule has 0 atom stereocenters. The second-order valence-corrected chi connectivity index (χ2v) is 12.2. The van der Waals surface area contributed by atoms with E-state index < -0.39 is 23.6 Å². The molecule has 10 heteroatoms. The van der Waals surface area contributed by atoms with Gasteiger partial charge in [0, 0.05) is 36.0 Å². The van der Waals surface area contributed by atoms with Crippen LogP contribution in [0.4, 0.5) is 18.9 Å². The number of nitrogens with zero attached hydrogens (tertiary/aromatic N) is 3. The van der Waals surface area contributed by atoms with Crippen LogP contribution in [0.3, 0.4) is 0 Å². The Bertz CT molecular complexity index is 1500. The van der Waals surface area contributed by atoms with Gasteiger partial charge in [0.1, 0.15) is 11.3 Å². The minimum Gasteiger partial charge on any atom is -0.478 e. The Morgan fingerprint density at radius 3 is 2.39 bits per heavy atom. The number of carbonyl (C=O) groups is 2. The van der Waals surface area contributed by atoms with Gasteiger partial charge in [-0.3, -0.25) is 9.78 Å². The zero-order valence-corrected chi connectivity index (χ0v) is 25.1. The molecule has 1 aromatic carbocycles. The van der Waals surface area contributed by atoms with Crippen LogP contribution in [0.15, 0.2) is 48.7 Å². The summed E-state index contributed by atoms with van der Waals surface area (Å²) in [5.41, 5.74) is 0.653. The number of hydrogen-bond donors (Lipinski definition) is 1. The van der Waals surface area contributed by atoms with Crippen molar-refractivity contribution in [3.63, 3.8) is 0 Å². The number of halogens is 3. The molecule has 2 aliphatic carbocycles. The van der Waals surface area contributed by atoms with E-state index in [9.17, 15) is 27.9 Å². The monoisotopic (exact) mass is 609 g/mol. The van der Waals surface area contributed by atoms with Crippen molar-refractivity contribution in [2.75, 3.05) is 4.90 Å². The number of aromatic carboxylic acids is 1. The molecule has 0 spiro atoms. The number of hydrogen-bond acceptors (Lipinski definition) is 5. The number of ether oxygens (including phenoxy) is 1. The Morgan fingerprint density at radius 1 is 1.00 bits per heavy atom. The predicted molar refractivity (Wildman–Crippen MR) is 160 cm³/mol. The summed E-state index contributed by atoms with van der Waals surface area (Å²) in [6.45, 7) is 3.98. The third-order valence-corrected chi connectivity index (χ3v) is 8.76. The minimum absolute atomic E-state index is 0.0697. The van der Waals surface area contributed by atoms with Gasteiger partial charge in [0.05, 0.1) is 11.3 Å². The smallest absolute Gasteiger partial charge is 0.421 e. The van der Waals surface area contributed by atoms with Gasteiger partial charge in [-0.15, -0.1) is 0 Å². The second-order valence-electron chi connectivity index (χ2n) is 12.2. The minimum atomic E-state index is -4.77. The molecular formula is C34H38F3N3O4. The molecule has 0 saturated heterocycles. The Kier molecular flexibility index (Phi) is 9.56. The van der Waals surface area contributed by atoms with Crippen molar-refractivity contribution in [3.05, 3.63) is 76.7 Å². The number of aromatic nitrogens is 2. The summed E-state index contributed by atoms with van der Waals surface area (Å²) in [5.74, 6) is -1.78. The fourth-order valence-corrected chi connectivity index (χ4v) is 6.39. The van der Waals surface area contributed by atoms with E-state index in [1.54, 1.807) is 30.0 Å². The number of benzene rings is 1. The van der Waals surface area contributed by atoms with Crippen LogP contribution >= 0.6 is 0 Å². The lowest BCUT2D eigenvalue weighted by atomic mass is 9.81. The summed E-state index contributed by atoms with van der Waals surface area (Å²) in [6.07, 6.45) is 4.60. The number of amides is 1. The van der Waals surface area contributed by atoms with E-state index in [1.165, 1.54) is 24.4 Å². The number of alkyl halides is 3. The van der Waals surface area contributed by atoms with Crippen molar-refractivity contribution in [3.8, 4) is 11.6 Å². The highest BCUT2D eigenvalue weighted by Gasteiger charge is 2.37. The molecule has 7 nitrogen and oxygen atoms in total. The van der Waals surface area contributed by atoms with Gasteiger partial charge in [0.15, 0.2) is 0 Å². The molecule has 2 saturated carbocycles. The summed E-state index contributed by atoms with van der Waals surface area (Å²) in [5, 5.41) is 10.2. The summed E-state index contributed by atoms with van der Waals surface area (Å²) in [7, 11) is 0. The van der Waals surface area contributed by atoms with Crippen LogP contribution in [-0.4, -0.2) is 33.0 Å². The maximum atomic E-state index is 14.1. The van der Waals surface area contributed by atoms with E-state index in [4.69, 9.17) is 4.74 Å². The van der Waals surface area contributed by atoms with Gasteiger partial charge in [-0.2, -0.15) is 13.2 Å². The van der Waals surface area contributed by atoms with Crippen molar-refractivity contribution in [1.82, 2.24) is 9.97 Å². The molecule has 1 N–H and O–H groups in total. The first-order valence-corrected chi connectivity index (χ1v) is 15.4. The third-order valence-electron chi connectivity index (χ3n) is 8.76. The predicted octanol–water partition coefficient (Wildman–Crippen LogP) is 8.38. The van der Waals surface area contributed by atoms with Gasteiger partial charge < -0.3 is 14.7 Å².